The minimum Gasteiger partial charge on any atom is -0.467 e. The first-order valence-corrected chi connectivity index (χ1v) is 12.5. The number of carbonyl (C=O) groups excluding carboxylic acids is 1. The van der Waals surface area contributed by atoms with Crippen LogP contribution in [0.1, 0.15) is 45.3 Å². The van der Waals surface area contributed by atoms with Crippen LogP contribution in [-0.4, -0.2) is 57.6 Å². The van der Waals surface area contributed by atoms with Crippen LogP contribution in [-0.2, 0) is 22.6 Å². The molecule has 32 heavy (non-hydrogen) atoms. The second-order valence-corrected chi connectivity index (χ2v) is 9.62. The molecule has 1 aliphatic carbocycles. The summed E-state index contributed by atoms with van der Waals surface area (Å²) in [7, 11) is 0. The number of carbonyl (C=O) groups is 1. The van der Waals surface area contributed by atoms with Crippen molar-refractivity contribution in [2.45, 2.75) is 57.8 Å². The Morgan fingerprint density at radius 2 is 2.09 bits per heavy atom. The van der Waals surface area contributed by atoms with Crippen molar-refractivity contribution < 1.29 is 13.9 Å². The Labute approximate surface area is 194 Å². The predicted octanol–water partition coefficient (Wildman–Crippen LogP) is 3.94. The summed E-state index contributed by atoms with van der Waals surface area (Å²) < 4.78 is 13.2. The quantitative estimate of drug-likeness (QED) is 0.526. The molecule has 9 heteroatoms. The number of nitrogens with zero attached hydrogens (tertiary/aromatic N) is 5. The first-order valence-electron chi connectivity index (χ1n) is 11.5. The fourth-order valence-corrected chi connectivity index (χ4v) is 4.91. The molecule has 2 aliphatic rings. The fourth-order valence-electron chi connectivity index (χ4n) is 4.09. The first kappa shape index (κ1) is 22.9. The highest BCUT2D eigenvalue weighted by atomic mass is 32.2. The van der Waals surface area contributed by atoms with Crippen molar-refractivity contribution in [2.75, 3.05) is 37.0 Å². The van der Waals surface area contributed by atoms with Gasteiger partial charge in [0.05, 0.1) is 31.8 Å². The van der Waals surface area contributed by atoms with E-state index in [1.807, 2.05) is 17.0 Å². The van der Waals surface area contributed by atoms with Crippen LogP contribution in [0.4, 0.5) is 5.95 Å². The molecule has 1 saturated heterocycles. The van der Waals surface area contributed by atoms with Gasteiger partial charge in [0.25, 0.3) is 0 Å². The van der Waals surface area contributed by atoms with Crippen molar-refractivity contribution in [3.63, 3.8) is 0 Å². The first-order chi connectivity index (χ1) is 15.6. The molecule has 2 aromatic heterocycles. The molecule has 0 radical (unpaired) electrons. The van der Waals surface area contributed by atoms with Gasteiger partial charge in [0, 0.05) is 25.3 Å². The molecular weight excluding hydrogens is 426 g/mol. The molecule has 0 saturated carbocycles. The van der Waals surface area contributed by atoms with Crippen LogP contribution in [0.25, 0.3) is 0 Å². The lowest BCUT2D eigenvalue weighted by Gasteiger charge is -2.28. The van der Waals surface area contributed by atoms with Crippen LogP contribution in [0.15, 0.2) is 39.7 Å². The van der Waals surface area contributed by atoms with Crippen LogP contribution in [0.3, 0.4) is 0 Å². The van der Waals surface area contributed by atoms with Gasteiger partial charge in [-0.3, -0.25) is 9.36 Å². The van der Waals surface area contributed by atoms with Gasteiger partial charge in [-0.1, -0.05) is 31.7 Å². The SMILES string of the molecule is CC(C)Cn1c(SCC(=O)N(Cc2ccco2)C2=CCCCC2)nnc1N1CCOCC1. The molecule has 1 amide bonds. The third-order valence-corrected chi connectivity index (χ3v) is 6.62. The van der Waals surface area contributed by atoms with Gasteiger partial charge in [0.15, 0.2) is 5.16 Å². The Morgan fingerprint density at radius 3 is 2.78 bits per heavy atom. The largest absolute Gasteiger partial charge is 0.467 e. The summed E-state index contributed by atoms with van der Waals surface area (Å²) in [5, 5.41) is 9.73. The van der Waals surface area contributed by atoms with Crippen LogP contribution in [0.2, 0.25) is 0 Å². The molecule has 8 nitrogen and oxygen atoms in total. The van der Waals surface area contributed by atoms with E-state index in [0.29, 0.717) is 31.4 Å². The topological polar surface area (TPSA) is 76.6 Å². The average Bonchev–Trinajstić information content (AvgIpc) is 3.47. The number of thioether (sulfide) groups is 1. The molecule has 1 aliphatic heterocycles. The number of anilines is 1. The number of rotatable bonds is 9. The van der Waals surface area contributed by atoms with Gasteiger partial charge in [-0.2, -0.15) is 0 Å². The maximum Gasteiger partial charge on any atom is 0.237 e. The maximum absolute atomic E-state index is 13.3. The summed E-state index contributed by atoms with van der Waals surface area (Å²) >= 11 is 1.47. The highest BCUT2D eigenvalue weighted by Gasteiger charge is 2.24. The highest BCUT2D eigenvalue weighted by Crippen LogP contribution is 2.27. The van der Waals surface area contributed by atoms with Gasteiger partial charge in [-0.25, -0.2) is 0 Å². The van der Waals surface area contributed by atoms with Gasteiger partial charge in [0.1, 0.15) is 5.76 Å². The van der Waals surface area contributed by atoms with E-state index in [-0.39, 0.29) is 5.91 Å². The molecule has 0 aromatic carbocycles. The summed E-state index contributed by atoms with van der Waals surface area (Å²) in [6.45, 7) is 8.68. The van der Waals surface area contributed by atoms with E-state index in [4.69, 9.17) is 9.15 Å². The standard InChI is InChI=1S/C23H33N5O3S/c1-18(2)15-28-22(26-10-13-30-14-11-26)24-25-23(28)32-17-21(29)27(16-20-9-6-12-31-20)19-7-4-3-5-8-19/h6-7,9,12,18H,3-5,8,10-11,13-17H2,1-2H3. The van der Waals surface area contributed by atoms with E-state index in [0.717, 1.165) is 61.5 Å². The van der Waals surface area contributed by atoms with Crippen LogP contribution >= 0.6 is 11.8 Å². The summed E-state index contributed by atoms with van der Waals surface area (Å²) in [5.41, 5.74) is 1.11. The van der Waals surface area contributed by atoms with E-state index in [1.165, 1.54) is 18.2 Å². The number of amides is 1. The molecule has 0 bridgehead atoms. The maximum atomic E-state index is 13.3. The van der Waals surface area contributed by atoms with Gasteiger partial charge in [0.2, 0.25) is 11.9 Å². The third kappa shape index (κ3) is 5.75. The Balaban J connectivity index is 1.48. The van der Waals surface area contributed by atoms with Crippen molar-refractivity contribution in [3.05, 3.63) is 35.9 Å². The second kappa shape index (κ2) is 11.0. The lowest BCUT2D eigenvalue weighted by molar-refractivity contribution is -0.127. The summed E-state index contributed by atoms with van der Waals surface area (Å²) in [6.07, 6.45) is 8.12. The molecular formula is C23H33N5O3S. The Bertz CT molecular complexity index is 903. The Hall–Kier alpha value is -2.26. The number of morpholine rings is 1. The zero-order valence-corrected chi connectivity index (χ0v) is 19.9. The van der Waals surface area contributed by atoms with Crippen molar-refractivity contribution in [3.8, 4) is 0 Å². The lowest BCUT2D eigenvalue weighted by atomic mass is 10.0. The monoisotopic (exact) mass is 459 g/mol. The van der Waals surface area contributed by atoms with Crippen LogP contribution < -0.4 is 4.90 Å². The number of hydrogen-bond donors (Lipinski definition) is 0. The molecule has 2 aromatic rings. The van der Waals surface area contributed by atoms with Gasteiger partial charge < -0.3 is 19.0 Å². The summed E-state index contributed by atoms with van der Waals surface area (Å²) in [5.74, 6) is 2.51. The highest BCUT2D eigenvalue weighted by molar-refractivity contribution is 7.99. The molecule has 0 spiro atoms. The average molecular weight is 460 g/mol. The van der Waals surface area contributed by atoms with E-state index >= 15 is 0 Å². The molecule has 1 fully saturated rings. The molecule has 3 heterocycles. The summed E-state index contributed by atoms with van der Waals surface area (Å²) in [6, 6.07) is 3.79. The molecule has 4 rings (SSSR count). The van der Waals surface area contributed by atoms with E-state index in [9.17, 15) is 4.79 Å². The molecule has 0 N–H and O–H groups in total. The number of aromatic nitrogens is 3. The Kier molecular flexibility index (Phi) is 7.91. The molecule has 0 atom stereocenters. The minimum absolute atomic E-state index is 0.0755. The Morgan fingerprint density at radius 1 is 1.25 bits per heavy atom. The van der Waals surface area contributed by atoms with Crippen molar-refractivity contribution in [2.24, 2.45) is 5.92 Å². The summed E-state index contributed by atoms with van der Waals surface area (Å²) in [4.78, 5) is 17.4. The van der Waals surface area contributed by atoms with E-state index in [2.05, 4.69) is 39.6 Å². The minimum atomic E-state index is 0.0755. The molecule has 0 unspecified atom stereocenters. The third-order valence-electron chi connectivity index (χ3n) is 5.67. The second-order valence-electron chi connectivity index (χ2n) is 8.68. The lowest BCUT2D eigenvalue weighted by Crippen LogP contribution is -2.38. The smallest absolute Gasteiger partial charge is 0.237 e. The van der Waals surface area contributed by atoms with Crippen LogP contribution in [0, 0.1) is 5.92 Å². The van der Waals surface area contributed by atoms with Gasteiger partial charge >= 0.3 is 0 Å². The van der Waals surface area contributed by atoms with E-state index in [1.54, 1.807) is 6.26 Å². The number of ether oxygens (including phenoxy) is 1. The van der Waals surface area contributed by atoms with E-state index < -0.39 is 0 Å². The van der Waals surface area contributed by atoms with Crippen molar-refractivity contribution >= 4 is 23.6 Å². The molecule has 174 valence electrons. The normalized spacial score (nSPS) is 17.0. The van der Waals surface area contributed by atoms with Crippen LogP contribution in [0.5, 0.6) is 0 Å². The van der Waals surface area contributed by atoms with Crippen molar-refractivity contribution in [1.29, 1.82) is 0 Å². The number of furan rings is 1. The zero-order chi connectivity index (χ0) is 22.3. The fraction of sp³-hybridized carbons (Fsp3) is 0.609. The van der Waals surface area contributed by atoms with Crippen molar-refractivity contribution in [1.82, 2.24) is 19.7 Å². The number of allylic oxidation sites excluding steroid dienone is 2. The van der Waals surface area contributed by atoms with Gasteiger partial charge in [-0.05, 0) is 43.7 Å². The predicted molar refractivity (Wildman–Crippen MR) is 124 cm³/mol. The van der Waals surface area contributed by atoms with Gasteiger partial charge in [-0.15, -0.1) is 10.2 Å². The zero-order valence-electron chi connectivity index (χ0n) is 19.0. The number of hydrogen-bond acceptors (Lipinski definition) is 7.